The first-order chi connectivity index (χ1) is 17.9. The Morgan fingerprint density at radius 1 is 0.865 bits per heavy atom. The van der Waals surface area contributed by atoms with Crippen molar-refractivity contribution in [3.05, 3.63) is 96.1 Å². The van der Waals surface area contributed by atoms with Crippen LogP contribution in [-0.2, 0) is 4.79 Å². The van der Waals surface area contributed by atoms with Crippen molar-refractivity contribution in [1.29, 1.82) is 0 Å². The number of aromatic nitrogens is 1. The molecule has 0 saturated carbocycles. The Morgan fingerprint density at radius 3 is 2.27 bits per heavy atom. The number of carboxylic acid groups (broad SMARTS) is 1. The highest BCUT2D eigenvalue weighted by atomic mass is 32.2. The first-order valence-electron chi connectivity index (χ1n) is 11.4. The van der Waals surface area contributed by atoms with Crippen LogP contribution in [0.3, 0.4) is 0 Å². The number of rotatable bonds is 7. The van der Waals surface area contributed by atoms with E-state index in [2.05, 4.69) is 15.6 Å². The summed E-state index contributed by atoms with van der Waals surface area (Å²) in [6.45, 7) is 1.82. The van der Waals surface area contributed by atoms with Gasteiger partial charge in [0.2, 0.25) is 5.91 Å². The number of thioether (sulfide) groups is 1. The SMILES string of the molecule is CC(Sc1ccc(NC(=O)c2cccc3cccc(C(=O)O)c23)cc1)C(=O)Nc1nc2ccccc2s1. The monoisotopic (exact) mass is 527 g/mol. The molecule has 2 amide bonds. The fourth-order valence-corrected chi connectivity index (χ4v) is 5.65. The molecule has 0 bridgehead atoms. The standard InChI is InChI=1S/C28H21N3O4S2/c1-16(25(32)31-28-30-22-10-2-3-11-23(22)37-28)36-19-14-12-18(13-15-19)29-26(33)20-8-4-6-17-7-5-9-21(24(17)20)27(34)35/h2-16H,1H3,(H,29,33)(H,34,35)(H,30,31,32). The summed E-state index contributed by atoms with van der Waals surface area (Å²) in [6, 6.07) is 24.9. The molecule has 5 rings (SSSR count). The van der Waals surface area contributed by atoms with Crippen LogP contribution in [0.2, 0.25) is 0 Å². The van der Waals surface area contributed by atoms with Gasteiger partial charge in [-0.1, -0.05) is 47.7 Å². The quantitative estimate of drug-likeness (QED) is 0.208. The van der Waals surface area contributed by atoms with Crippen LogP contribution in [0.15, 0.2) is 89.8 Å². The maximum Gasteiger partial charge on any atom is 0.336 e. The lowest BCUT2D eigenvalue weighted by Crippen LogP contribution is -2.22. The van der Waals surface area contributed by atoms with Crippen molar-refractivity contribution in [2.24, 2.45) is 0 Å². The number of thiazole rings is 1. The normalized spacial score (nSPS) is 11.8. The molecule has 1 aromatic heterocycles. The van der Waals surface area contributed by atoms with Gasteiger partial charge in [-0.2, -0.15) is 0 Å². The second-order valence-electron chi connectivity index (χ2n) is 8.23. The number of carbonyl (C=O) groups is 3. The molecule has 0 fully saturated rings. The van der Waals surface area contributed by atoms with E-state index in [1.807, 2.05) is 43.3 Å². The van der Waals surface area contributed by atoms with Crippen molar-refractivity contribution < 1.29 is 19.5 Å². The number of carboxylic acids is 1. The molecule has 1 heterocycles. The summed E-state index contributed by atoms with van der Waals surface area (Å²) in [6.07, 6.45) is 0. The van der Waals surface area contributed by atoms with Gasteiger partial charge in [0, 0.05) is 21.5 Å². The van der Waals surface area contributed by atoms with E-state index in [9.17, 15) is 19.5 Å². The van der Waals surface area contributed by atoms with Crippen LogP contribution in [0.5, 0.6) is 0 Å². The molecule has 1 unspecified atom stereocenters. The number of para-hydroxylation sites is 1. The van der Waals surface area contributed by atoms with E-state index < -0.39 is 11.9 Å². The van der Waals surface area contributed by atoms with Crippen LogP contribution in [0, 0.1) is 0 Å². The minimum atomic E-state index is -1.09. The highest BCUT2D eigenvalue weighted by Gasteiger charge is 2.18. The Hall–Kier alpha value is -4.21. The molecule has 0 aliphatic heterocycles. The molecular formula is C28H21N3O4S2. The maximum absolute atomic E-state index is 13.0. The Bertz CT molecular complexity index is 1610. The zero-order valence-corrected chi connectivity index (χ0v) is 21.2. The summed E-state index contributed by atoms with van der Waals surface area (Å²) in [5.41, 5.74) is 1.77. The van der Waals surface area contributed by atoms with E-state index in [-0.39, 0.29) is 22.3 Å². The van der Waals surface area contributed by atoms with Crippen molar-refractivity contribution in [3.8, 4) is 0 Å². The zero-order chi connectivity index (χ0) is 25.9. The van der Waals surface area contributed by atoms with E-state index in [4.69, 9.17) is 0 Å². The Balaban J connectivity index is 1.25. The van der Waals surface area contributed by atoms with Crippen LogP contribution in [-0.4, -0.2) is 33.1 Å². The van der Waals surface area contributed by atoms with Gasteiger partial charge in [0.1, 0.15) is 0 Å². The van der Waals surface area contributed by atoms with Gasteiger partial charge in [-0.05, 0) is 60.8 Å². The first-order valence-corrected chi connectivity index (χ1v) is 13.1. The smallest absolute Gasteiger partial charge is 0.336 e. The van der Waals surface area contributed by atoms with Crippen molar-refractivity contribution in [3.63, 3.8) is 0 Å². The molecule has 184 valence electrons. The lowest BCUT2D eigenvalue weighted by molar-refractivity contribution is -0.115. The van der Waals surface area contributed by atoms with Crippen LogP contribution < -0.4 is 10.6 Å². The molecule has 0 radical (unpaired) electrons. The molecular weight excluding hydrogens is 506 g/mol. The molecule has 4 aromatic carbocycles. The van der Waals surface area contributed by atoms with Gasteiger partial charge in [0.05, 0.1) is 21.0 Å². The molecule has 5 aromatic rings. The second kappa shape index (κ2) is 10.4. The number of anilines is 2. The minimum Gasteiger partial charge on any atom is -0.478 e. The number of amides is 2. The van der Waals surface area contributed by atoms with Gasteiger partial charge in [0.15, 0.2) is 5.13 Å². The molecule has 0 saturated heterocycles. The summed E-state index contributed by atoms with van der Waals surface area (Å²) in [4.78, 5) is 42.7. The number of hydrogen-bond donors (Lipinski definition) is 3. The maximum atomic E-state index is 13.0. The topological polar surface area (TPSA) is 108 Å². The number of aromatic carboxylic acids is 1. The van der Waals surface area contributed by atoms with E-state index in [1.165, 1.54) is 29.2 Å². The lowest BCUT2D eigenvalue weighted by atomic mass is 9.98. The van der Waals surface area contributed by atoms with E-state index in [1.54, 1.807) is 42.5 Å². The van der Waals surface area contributed by atoms with E-state index in [0.717, 1.165) is 15.1 Å². The van der Waals surface area contributed by atoms with E-state index in [0.29, 0.717) is 21.6 Å². The lowest BCUT2D eigenvalue weighted by Gasteiger charge is -2.12. The molecule has 9 heteroatoms. The van der Waals surface area contributed by atoms with Gasteiger partial charge >= 0.3 is 5.97 Å². The summed E-state index contributed by atoms with van der Waals surface area (Å²) in [7, 11) is 0. The first kappa shape index (κ1) is 24.5. The average Bonchev–Trinajstić information content (AvgIpc) is 3.31. The Labute approximate surface area is 220 Å². The van der Waals surface area contributed by atoms with Crippen LogP contribution >= 0.6 is 23.1 Å². The highest BCUT2D eigenvalue weighted by molar-refractivity contribution is 8.00. The minimum absolute atomic E-state index is 0.0770. The fourth-order valence-electron chi connectivity index (χ4n) is 3.91. The van der Waals surface area contributed by atoms with Gasteiger partial charge < -0.3 is 15.7 Å². The number of carbonyl (C=O) groups excluding carboxylic acids is 2. The average molecular weight is 528 g/mol. The van der Waals surface area contributed by atoms with Crippen LogP contribution in [0.4, 0.5) is 10.8 Å². The number of nitrogens with zero attached hydrogens (tertiary/aromatic N) is 1. The zero-order valence-electron chi connectivity index (χ0n) is 19.6. The van der Waals surface area contributed by atoms with Gasteiger partial charge in [-0.25, -0.2) is 9.78 Å². The van der Waals surface area contributed by atoms with Crippen LogP contribution in [0.1, 0.15) is 27.6 Å². The summed E-state index contributed by atoms with van der Waals surface area (Å²) in [5, 5.41) is 16.6. The third-order valence-corrected chi connectivity index (χ3v) is 7.76. The summed E-state index contributed by atoms with van der Waals surface area (Å²) >= 11 is 2.83. The summed E-state index contributed by atoms with van der Waals surface area (Å²) in [5.74, 6) is -1.64. The number of nitrogens with one attached hydrogen (secondary N) is 2. The number of benzene rings is 4. The third kappa shape index (κ3) is 5.32. The van der Waals surface area contributed by atoms with Crippen molar-refractivity contribution in [2.45, 2.75) is 17.1 Å². The fraction of sp³-hybridized carbons (Fsp3) is 0.0714. The predicted molar refractivity (Wildman–Crippen MR) is 149 cm³/mol. The Morgan fingerprint density at radius 2 is 1.57 bits per heavy atom. The molecule has 0 aliphatic rings. The molecule has 3 N–H and O–H groups in total. The number of fused-ring (bicyclic) bond motifs is 2. The Kier molecular flexibility index (Phi) is 6.89. The molecule has 1 atom stereocenters. The molecule has 7 nitrogen and oxygen atoms in total. The van der Waals surface area contributed by atoms with Gasteiger partial charge in [0.25, 0.3) is 5.91 Å². The molecule has 0 aliphatic carbocycles. The third-order valence-electron chi connectivity index (χ3n) is 5.70. The van der Waals surface area contributed by atoms with Crippen LogP contribution in [0.25, 0.3) is 21.0 Å². The number of hydrogen-bond acceptors (Lipinski definition) is 6. The highest BCUT2D eigenvalue weighted by Crippen LogP contribution is 2.29. The van der Waals surface area contributed by atoms with Crippen molar-refractivity contribution in [2.75, 3.05) is 10.6 Å². The molecule has 0 spiro atoms. The van der Waals surface area contributed by atoms with Gasteiger partial charge in [-0.15, -0.1) is 11.8 Å². The van der Waals surface area contributed by atoms with E-state index >= 15 is 0 Å². The van der Waals surface area contributed by atoms with Crippen molar-refractivity contribution in [1.82, 2.24) is 4.98 Å². The van der Waals surface area contributed by atoms with Gasteiger partial charge in [-0.3, -0.25) is 9.59 Å². The molecule has 37 heavy (non-hydrogen) atoms. The second-order valence-corrected chi connectivity index (χ2v) is 10.7. The largest absolute Gasteiger partial charge is 0.478 e. The summed E-state index contributed by atoms with van der Waals surface area (Å²) < 4.78 is 1.01. The predicted octanol–water partition coefficient (Wildman–Crippen LogP) is 6.52. The van der Waals surface area contributed by atoms with Crippen molar-refractivity contribution >= 4 is 72.7 Å².